The number of nitrogens with one attached hydrogen (secondary N) is 2. The van der Waals surface area contributed by atoms with Gasteiger partial charge in [0.25, 0.3) is 5.91 Å². The van der Waals surface area contributed by atoms with Crippen LogP contribution in [0.1, 0.15) is 44.0 Å². The third-order valence-electron chi connectivity index (χ3n) is 5.22. The topological polar surface area (TPSA) is 117 Å². The summed E-state index contributed by atoms with van der Waals surface area (Å²) >= 11 is 0. The molecular weight excluding hydrogens is 394 g/mol. The van der Waals surface area contributed by atoms with Gasteiger partial charge in [-0.1, -0.05) is 26.8 Å². The van der Waals surface area contributed by atoms with Gasteiger partial charge in [-0.05, 0) is 43.2 Å². The van der Waals surface area contributed by atoms with Crippen molar-refractivity contribution in [1.82, 2.24) is 4.98 Å². The van der Waals surface area contributed by atoms with E-state index < -0.39 is 5.41 Å². The van der Waals surface area contributed by atoms with Crippen LogP contribution >= 0.6 is 0 Å². The summed E-state index contributed by atoms with van der Waals surface area (Å²) in [6.45, 7) is 6.85. The number of hydrogen-bond acceptors (Lipinski definition) is 5. The number of hydrogen-bond donors (Lipinski definition) is 3. The first kappa shape index (κ1) is 22.3. The Hall–Kier alpha value is -3.42. The lowest BCUT2D eigenvalue weighted by Gasteiger charge is -2.32. The molecule has 1 unspecified atom stereocenters. The molecule has 1 aliphatic rings. The van der Waals surface area contributed by atoms with E-state index in [1.807, 2.05) is 31.7 Å². The molecule has 0 radical (unpaired) electrons. The molecule has 1 saturated heterocycles. The van der Waals surface area contributed by atoms with E-state index in [1.54, 1.807) is 36.5 Å². The average Bonchev–Trinajstić information content (AvgIpc) is 2.74. The number of primary amides is 1. The maximum atomic E-state index is 12.6. The van der Waals surface area contributed by atoms with Crippen LogP contribution in [-0.2, 0) is 9.59 Å². The highest BCUT2D eigenvalue weighted by Gasteiger charge is 2.25. The van der Waals surface area contributed by atoms with Crippen molar-refractivity contribution in [2.24, 2.45) is 17.1 Å². The number of rotatable bonds is 5. The lowest BCUT2D eigenvalue weighted by Crippen LogP contribution is -2.41. The zero-order valence-electron chi connectivity index (χ0n) is 18.1. The van der Waals surface area contributed by atoms with Crippen LogP contribution in [0, 0.1) is 11.3 Å². The molecule has 3 amide bonds. The van der Waals surface area contributed by atoms with E-state index in [4.69, 9.17) is 5.73 Å². The van der Waals surface area contributed by atoms with Gasteiger partial charge in [-0.2, -0.15) is 0 Å². The molecule has 2 heterocycles. The monoisotopic (exact) mass is 423 g/mol. The zero-order valence-corrected chi connectivity index (χ0v) is 18.1. The van der Waals surface area contributed by atoms with Gasteiger partial charge in [-0.25, -0.2) is 4.98 Å². The molecule has 3 rings (SSSR count). The number of piperidine rings is 1. The quantitative estimate of drug-likeness (QED) is 0.683. The van der Waals surface area contributed by atoms with Gasteiger partial charge in [0.2, 0.25) is 11.8 Å². The number of aromatic nitrogens is 1. The normalized spacial score (nSPS) is 16.5. The van der Waals surface area contributed by atoms with Crippen molar-refractivity contribution in [2.75, 3.05) is 28.6 Å². The number of anilines is 3. The van der Waals surface area contributed by atoms with Crippen LogP contribution in [0.3, 0.4) is 0 Å². The minimum Gasteiger partial charge on any atom is -0.369 e. The maximum Gasteiger partial charge on any atom is 0.255 e. The molecule has 31 heavy (non-hydrogen) atoms. The maximum absolute atomic E-state index is 12.6. The molecular formula is C23H29N5O3. The molecule has 1 fully saturated rings. The summed E-state index contributed by atoms with van der Waals surface area (Å²) in [5.74, 6) is -0.124. The fraction of sp³-hybridized carbons (Fsp3) is 0.391. The number of carbonyl (C=O) groups is 3. The van der Waals surface area contributed by atoms with Gasteiger partial charge in [0.05, 0.1) is 17.8 Å². The van der Waals surface area contributed by atoms with Crippen molar-refractivity contribution in [3.63, 3.8) is 0 Å². The molecule has 1 atom stereocenters. The van der Waals surface area contributed by atoms with Crippen LogP contribution in [0.25, 0.3) is 0 Å². The minimum absolute atomic E-state index is 0.124. The third kappa shape index (κ3) is 5.81. The van der Waals surface area contributed by atoms with Crippen molar-refractivity contribution in [3.05, 3.63) is 48.2 Å². The fourth-order valence-corrected chi connectivity index (χ4v) is 3.32. The van der Waals surface area contributed by atoms with E-state index >= 15 is 0 Å². The van der Waals surface area contributed by atoms with Crippen LogP contribution in [0.5, 0.6) is 0 Å². The lowest BCUT2D eigenvalue weighted by atomic mass is 9.95. The predicted molar refractivity (Wildman–Crippen MR) is 121 cm³/mol. The summed E-state index contributed by atoms with van der Waals surface area (Å²) in [6, 6.07) is 10.4. The van der Waals surface area contributed by atoms with Gasteiger partial charge in [0.1, 0.15) is 5.82 Å². The van der Waals surface area contributed by atoms with E-state index in [-0.39, 0.29) is 23.6 Å². The summed E-state index contributed by atoms with van der Waals surface area (Å²) in [5.41, 5.74) is 6.46. The van der Waals surface area contributed by atoms with Crippen LogP contribution in [-0.4, -0.2) is 35.8 Å². The van der Waals surface area contributed by atoms with Crippen molar-refractivity contribution in [2.45, 2.75) is 33.6 Å². The van der Waals surface area contributed by atoms with Gasteiger partial charge < -0.3 is 21.3 Å². The Morgan fingerprint density at radius 2 is 1.87 bits per heavy atom. The first-order valence-corrected chi connectivity index (χ1v) is 10.4. The van der Waals surface area contributed by atoms with E-state index in [1.165, 1.54) is 0 Å². The van der Waals surface area contributed by atoms with E-state index in [9.17, 15) is 14.4 Å². The number of nitrogens with two attached hydrogens (primary N) is 1. The average molecular weight is 424 g/mol. The molecule has 164 valence electrons. The van der Waals surface area contributed by atoms with Gasteiger partial charge in [-0.3, -0.25) is 14.4 Å². The van der Waals surface area contributed by atoms with Crippen molar-refractivity contribution in [1.29, 1.82) is 0 Å². The lowest BCUT2D eigenvalue weighted by molar-refractivity contribution is -0.123. The summed E-state index contributed by atoms with van der Waals surface area (Å²) in [7, 11) is 0. The molecule has 0 aliphatic carbocycles. The van der Waals surface area contributed by atoms with Gasteiger partial charge in [0, 0.05) is 29.8 Å². The van der Waals surface area contributed by atoms with Crippen LogP contribution in [0.2, 0.25) is 0 Å². The summed E-state index contributed by atoms with van der Waals surface area (Å²) in [4.78, 5) is 42.8. The zero-order chi connectivity index (χ0) is 22.6. The van der Waals surface area contributed by atoms with Gasteiger partial charge >= 0.3 is 0 Å². The number of amides is 3. The Balaban J connectivity index is 1.64. The Bertz CT molecular complexity index is 966. The Labute approximate surface area is 182 Å². The molecule has 1 aromatic heterocycles. The highest BCUT2D eigenvalue weighted by atomic mass is 16.2. The second-order valence-electron chi connectivity index (χ2n) is 8.83. The highest BCUT2D eigenvalue weighted by Crippen LogP contribution is 2.23. The Morgan fingerprint density at radius 1 is 1.10 bits per heavy atom. The molecule has 1 aromatic carbocycles. The molecule has 0 bridgehead atoms. The summed E-state index contributed by atoms with van der Waals surface area (Å²) in [5, 5.41) is 5.65. The molecule has 0 spiro atoms. The van der Waals surface area contributed by atoms with Gasteiger partial charge in [0.15, 0.2) is 0 Å². The van der Waals surface area contributed by atoms with Crippen LogP contribution in [0.4, 0.5) is 17.2 Å². The molecule has 0 saturated carbocycles. The van der Waals surface area contributed by atoms with Crippen molar-refractivity contribution < 1.29 is 14.4 Å². The minimum atomic E-state index is -0.530. The van der Waals surface area contributed by atoms with Gasteiger partial charge in [-0.15, -0.1) is 0 Å². The second kappa shape index (κ2) is 9.16. The predicted octanol–water partition coefficient (Wildman–Crippen LogP) is 3.02. The first-order chi connectivity index (χ1) is 14.6. The molecule has 2 aromatic rings. The van der Waals surface area contributed by atoms with E-state index in [0.29, 0.717) is 23.5 Å². The summed E-state index contributed by atoms with van der Waals surface area (Å²) in [6.07, 6.45) is 3.28. The van der Waals surface area contributed by atoms with Crippen molar-refractivity contribution >= 4 is 34.9 Å². The molecule has 8 heteroatoms. The van der Waals surface area contributed by atoms with E-state index in [2.05, 4.69) is 15.6 Å². The summed E-state index contributed by atoms with van der Waals surface area (Å²) < 4.78 is 0. The van der Waals surface area contributed by atoms with E-state index in [0.717, 1.165) is 25.2 Å². The third-order valence-corrected chi connectivity index (χ3v) is 5.22. The SMILES string of the molecule is CC(C)(C)C(=O)Nc1cccc(C(=O)Nc2ccc(N3CCCC(C(N)=O)C3)nc2)c1. The Kier molecular flexibility index (Phi) is 6.58. The fourth-order valence-electron chi connectivity index (χ4n) is 3.32. The highest BCUT2D eigenvalue weighted by molar-refractivity contribution is 6.05. The number of carbonyl (C=O) groups excluding carboxylic acids is 3. The second-order valence-corrected chi connectivity index (χ2v) is 8.83. The Morgan fingerprint density at radius 3 is 2.52 bits per heavy atom. The van der Waals surface area contributed by atoms with Crippen LogP contribution in [0.15, 0.2) is 42.6 Å². The van der Waals surface area contributed by atoms with Crippen molar-refractivity contribution in [3.8, 4) is 0 Å². The smallest absolute Gasteiger partial charge is 0.255 e. The number of nitrogens with zero attached hydrogens (tertiary/aromatic N) is 2. The first-order valence-electron chi connectivity index (χ1n) is 10.4. The number of pyridine rings is 1. The molecule has 4 N–H and O–H groups in total. The molecule has 8 nitrogen and oxygen atoms in total. The number of benzene rings is 1. The van der Waals surface area contributed by atoms with Crippen LogP contribution < -0.4 is 21.3 Å². The molecule has 1 aliphatic heterocycles. The largest absolute Gasteiger partial charge is 0.369 e. The standard InChI is InChI=1S/C23H29N5O3/c1-23(2,3)22(31)27-17-8-4-6-15(12-17)21(30)26-18-9-10-19(25-13-18)28-11-5-7-16(14-28)20(24)29/h4,6,8-10,12-13,16H,5,7,11,14H2,1-3H3,(H2,24,29)(H,26,30)(H,27,31).